The maximum absolute atomic E-state index is 12.3. The van der Waals surface area contributed by atoms with Gasteiger partial charge in [-0.15, -0.1) is 0 Å². The maximum atomic E-state index is 12.3. The lowest BCUT2D eigenvalue weighted by molar-refractivity contribution is -0.133. The summed E-state index contributed by atoms with van der Waals surface area (Å²) in [6.07, 6.45) is 3.95. The van der Waals surface area contributed by atoms with Gasteiger partial charge in [0.05, 0.1) is 6.10 Å². The lowest BCUT2D eigenvalue weighted by Crippen LogP contribution is -2.40. The molecular formula is C19H24ClN3O3. The van der Waals surface area contributed by atoms with Crippen molar-refractivity contribution in [3.05, 3.63) is 35.2 Å². The van der Waals surface area contributed by atoms with Crippen LogP contribution in [0.25, 0.3) is 11.4 Å². The van der Waals surface area contributed by atoms with Crippen molar-refractivity contribution in [2.24, 2.45) is 0 Å². The van der Waals surface area contributed by atoms with Gasteiger partial charge in [-0.25, -0.2) is 0 Å². The highest BCUT2D eigenvalue weighted by Gasteiger charge is 2.22. The Morgan fingerprint density at radius 2 is 2.04 bits per heavy atom. The van der Waals surface area contributed by atoms with Crippen LogP contribution in [0.15, 0.2) is 28.8 Å². The molecule has 1 fully saturated rings. The SMILES string of the molecule is CCOC1CCN(C(=O)CCCc2nc(-c3ccc(Cl)cc3)no2)CC1. The van der Waals surface area contributed by atoms with Gasteiger partial charge in [0.25, 0.3) is 0 Å². The minimum Gasteiger partial charge on any atom is -0.378 e. The van der Waals surface area contributed by atoms with Gasteiger partial charge in [0.15, 0.2) is 0 Å². The molecule has 0 spiro atoms. The third-order valence-corrected chi connectivity index (χ3v) is 4.80. The van der Waals surface area contributed by atoms with Gasteiger partial charge in [-0.05, 0) is 50.5 Å². The Balaban J connectivity index is 1.42. The molecule has 7 heteroatoms. The van der Waals surface area contributed by atoms with Crippen molar-refractivity contribution >= 4 is 17.5 Å². The third-order valence-electron chi connectivity index (χ3n) is 4.55. The normalized spacial score (nSPS) is 15.4. The molecule has 6 nitrogen and oxygen atoms in total. The average Bonchev–Trinajstić information content (AvgIpc) is 3.12. The van der Waals surface area contributed by atoms with Gasteiger partial charge in [0, 0.05) is 43.1 Å². The van der Waals surface area contributed by atoms with Crippen LogP contribution in [-0.4, -0.2) is 46.7 Å². The van der Waals surface area contributed by atoms with E-state index in [9.17, 15) is 4.79 Å². The number of likely N-dealkylation sites (tertiary alicyclic amines) is 1. The summed E-state index contributed by atoms with van der Waals surface area (Å²) in [6, 6.07) is 7.29. The summed E-state index contributed by atoms with van der Waals surface area (Å²) in [5.41, 5.74) is 0.859. The number of ether oxygens (including phenoxy) is 1. The number of hydrogen-bond acceptors (Lipinski definition) is 5. The van der Waals surface area contributed by atoms with E-state index < -0.39 is 0 Å². The molecule has 3 rings (SSSR count). The molecule has 0 radical (unpaired) electrons. The topological polar surface area (TPSA) is 68.5 Å². The molecule has 0 N–H and O–H groups in total. The van der Waals surface area contributed by atoms with Gasteiger partial charge in [0.2, 0.25) is 17.6 Å². The monoisotopic (exact) mass is 377 g/mol. The molecule has 0 aliphatic carbocycles. The fourth-order valence-electron chi connectivity index (χ4n) is 3.13. The van der Waals surface area contributed by atoms with Crippen LogP contribution in [0.4, 0.5) is 0 Å². The molecule has 1 saturated heterocycles. The van der Waals surface area contributed by atoms with Crippen LogP contribution in [0.5, 0.6) is 0 Å². The van der Waals surface area contributed by atoms with Crippen LogP contribution < -0.4 is 0 Å². The van der Waals surface area contributed by atoms with Crippen LogP contribution in [0.2, 0.25) is 5.02 Å². The first kappa shape index (κ1) is 18.9. The van der Waals surface area contributed by atoms with Crippen LogP contribution in [0, 0.1) is 0 Å². The van der Waals surface area contributed by atoms with Gasteiger partial charge >= 0.3 is 0 Å². The largest absolute Gasteiger partial charge is 0.378 e. The number of amides is 1. The predicted molar refractivity (Wildman–Crippen MR) is 98.9 cm³/mol. The molecule has 1 aromatic carbocycles. The highest BCUT2D eigenvalue weighted by molar-refractivity contribution is 6.30. The zero-order chi connectivity index (χ0) is 18.4. The van der Waals surface area contributed by atoms with Gasteiger partial charge < -0.3 is 14.2 Å². The number of halogens is 1. The minimum atomic E-state index is 0.192. The van der Waals surface area contributed by atoms with Crippen molar-refractivity contribution in [1.82, 2.24) is 15.0 Å². The fraction of sp³-hybridized carbons (Fsp3) is 0.526. The number of carbonyl (C=O) groups is 1. The molecular weight excluding hydrogens is 354 g/mol. The van der Waals surface area contributed by atoms with Crippen molar-refractivity contribution in [2.75, 3.05) is 19.7 Å². The molecule has 2 aromatic rings. The Kier molecular flexibility index (Phi) is 6.63. The van der Waals surface area contributed by atoms with Crippen molar-refractivity contribution < 1.29 is 14.1 Å². The first-order chi connectivity index (χ1) is 12.7. The standard InChI is InChI=1S/C19H24ClN3O3/c1-2-25-16-10-12-23(13-11-16)18(24)5-3-4-17-21-19(22-26-17)14-6-8-15(20)9-7-14/h6-9,16H,2-5,10-13H2,1H3. The van der Waals surface area contributed by atoms with E-state index in [-0.39, 0.29) is 5.91 Å². The molecule has 26 heavy (non-hydrogen) atoms. The zero-order valence-electron chi connectivity index (χ0n) is 15.0. The second-order valence-corrected chi connectivity index (χ2v) is 6.84. The molecule has 1 aliphatic rings. The number of benzene rings is 1. The molecule has 0 saturated carbocycles. The molecule has 2 heterocycles. The maximum Gasteiger partial charge on any atom is 0.226 e. The summed E-state index contributed by atoms with van der Waals surface area (Å²) >= 11 is 5.88. The minimum absolute atomic E-state index is 0.192. The number of carbonyl (C=O) groups excluding carboxylic acids is 1. The van der Waals surface area contributed by atoms with E-state index in [2.05, 4.69) is 10.1 Å². The number of aryl methyl sites for hydroxylation is 1. The first-order valence-electron chi connectivity index (χ1n) is 9.13. The second-order valence-electron chi connectivity index (χ2n) is 6.41. The molecule has 0 unspecified atom stereocenters. The van der Waals surface area contributed by atoms with Gasteiger partial charge in [-0.1, -0.05) is 16.8 Å². The van der Waals surface area contributed by atoms with Crippen LogP contribution in [-0.2, 0) is 16.0 Å². The highest BCUT2D eigenvalue weighted by atomic mass is 35.5. The quantitative estimate of drug-likeness (QED) is 0.735. The Bertz CT molecular complexity index is 709. The first-order valence-corrected chi connectivity index (χ1v) is 9.51. The zero-order valence-corrected chi connectivity index (χ0v) is 15.7. The molecule has 0 bridgehead atoms. The number of rotatable bonds is 7. The molecule has 1 amide bonds. The van der Waals surface area contributed by atoms with E-state index in [1.807, 2.05) is 24.0 Å². The Labute approximate surface area is 158 Å². The number of nitrogens with zero attached hydrogens (tertiary/aromatic N) is 3. The van der Waals surface area contributed by atoms with Crippen molar-refractivity contribution in [3.63, 3.8) is 0 Å². The lowest BCUT2D eigenvalue weighted by Gasteiger charge is -2.31. The van der Waals surface area contributed by atoms with Crippen LogP contribution >= 0.6 is 11.6 Å². The van der Waals surface area contributed by atoms with Crippen LogP contribution in [0.3, 0.4) is 0 Å². The highest BCUT2D eigenvalue weighted by Crippen LogP contribution is 2.19. The molecule has 1 aromatic heterocycles. The summed E-state index contributed by atoms with van der Waals surface area (Å²) in [5.74, 6) is 1.29. The number of hydrogen-bond donors (Lipinski definition) is 0. The van der Waals surface area contributed by atoms with E-state index in [1.54, 1.807) is 12.1 Å². The summed E-state index contributed by atoms with van der Waals surface area (Å²) < 4.78 is 10.9. The molecule has 0 atom stereocenters. The van der Waals surface area contributed by atoms with Crippen molar-refractivity contribution in [3.8, 4) is 11.4 Å². The Morgan fingerprint density at radius 3 is 2.73 bits per heavy atom. The molecule has 140 valence electrons. The Morgan fingerprint density at radius 1 is 1.31 bits per heavy atom. The lowest BCUT2D eigenvalue weighted by atomic mass is 10.1. The average molecular weight is 378 g/mol. The van der Waals surface area contributed by atoms with Crippen LogP contribution in [0.1, 0.15) is 38.5 Å². The van der Waals surface area contributed by atoms with E-state index in [0.717, 1.165) is 38.1 Å². The summed E-state index contributed by atoms with van der Waals surface area (Å²) in [6.45, 7) is 4.31. The van der Waals surface area contributed by atoms with E-state index in [1.165, 1.54) is 0 Å². The number of aromatic nitrogens is 2. The van der Waals surface area contributed by atoms with Gasteiger partial charge in [-0.3, -0.25) is 4.79 Å². The third kappa shape index (κ3) is 5.05. The Hall–Kier alpha value is -1.92. The van der Waals surface area contributed by atoms with Gasteiger partial charge in [-0.2, -0.15) is 4.98 Å². The van der Waals surface area contributed by atoms with Crippen molar-refractivity contribution in [1.29, 1.82) is 0 Å². The predicted octanol–water partition coefficient (Wildman–Crippen LogP) is 3.74. The second kappa shape index (κ2) is 9.14. The van der Waals surface area contributed by atoms with E-state index in [4.69, 9.17) is 20.9 Å². The van der Waals surface area contributed by atoms with E-state index >= 15 is 0 Å². The fourth-order valence-corrected chi connectivity index (χ4v) is 3.26. The smallest absolute Gasteiger partial charge is 0.226 e. The van der Waals surface area contributed by atoms with E-state index in [0.29, 0.717) is 42.1 Å². The summed E-state index contributed by atoms with van der Waals surface area (Å²) in [7, 11) is 0. The summed E-state index contributed by atoms with van der Waals surface area (Å²) in [4.78, 5) is 18.6. The van der Waals surface area contributed by atoms with Crippen molar-refractivity contribution in [2.45, 2.75) is 45.1 Å². The molecule has 1 aliphatic heterocycles. The van der Waals surface area contributed by atoms with Gasteiger partial charge in [0.1, 0.15) is 0 Å². The summed E-state index contributed by atoms with van der Waals surface area (Å²) in [5, 5.41) is 4.66. The number of piperidine rings is 1.